The molecule has 0 aliphatic heterocycles. The quantitative estimate of drug-likeness (QED) is 0.887. The maximum absolute atomic E-state index is 12.9. The average Bonchev–Trinajstić information content (AvgIpc) is 2.57. The lowest BCUT2D eigenvalue weighted by Crippen LogP contribution is -2.07. The summed E-state index contributed by atoms with van der Waals surface area (Å²) in [6, 6.07) is 4.12. The molecule has 1 atom stereocenters. The van der Waals surface area contributed by atoms with Gasteiger partial charge in [-0.15, -0.1) is 0 Å². The molecular weight excluding hydrogens is 225 g/mol. The Morgan fingerprint density at radius 3 is 3.06 bits per heavy atom. The van der Waals surface area contributed by atoms with Gasteiger partial charge in [-0.25, -0.2) is 9.37 Å². The lowest BCUT2D eigenvalue weighted by atomic mass is 10.0. The monoisotopic (exact) mass is 237 g/mol. The molecule has 0 amide bonds. The van der Waals surface area contributed by atoms with Crippen molar-refractivity contribution < 1.29 is 18.7 Å². The van der Waals surface area contributed by atoms with Gasteiger partial charge >= 0.3 is 5.97 Å². The number of aromatic nitrogens is 1. The smallest absolute Gasteiger partial charge is 0.303 e. The van der Waals surface area contributed by atoms with Crippen molar-refractivity contribution in [3.05, 3.63) is 29.9 Å². The van der Waals surface area contributed by atoms with E-state index in [1.54, 1.807) is 0 Å². The van der Waals surface area contributed by atoms with Crippen molar-refractivity contribution in [3.63, 3.8) is 0 Å². The van der Waals surface area contributed by atoms with Gasteiger partial charge in [-0.2, -0.15) is 0 Å². The van der Waals surface area contributed by atoms with Gasteiger partial charge in [0, 0.05) is 18.9 Å². The molecule has 0 spiro atoms. The highest BCUT2D eigenvalue weighted by molar-refractivity contribution is 5.72. The molecule has 0 aliphatic carbocycles. The van der Waals surface area contributed by atoms with Crippen molar-refractivity contribution in [1.29, 1.82) is 0 Å². The number of hydrogen-bond acceptors (Lipinski definition) is 3. The first kappa shape index (κ1) is 11.6. The summed E-state index contributed by atoms with van der Waals surface area (Å²) in [5.41, 5.74) is 0.978. The normalized spacial score (nSPS) is 12.8. The Morgan fingerprint density at radius 1 is 1.59 bits per heavy atom. The molecule has 1 unspecified atom stereocenters. The van der Waals surface area contributed by atoms with Gasteiger partial charge in [0.25, 0.3) is 0 Å². The van der Waals surface area contributed by atoms with E-state index in [0.717, 1.165) is 0 Å². The van der Waals surface area contributed by atoms with Gasteiger partial charge in [0.05, 0.1) is 0 Å². The highest BCUT2D eigenvalue weighted by atomic mass is 19.1. The second-order valence-electron chi connectivity index (χ2n) is 4.13. The van der Waals surface area contributed by atoms with Crippen LogP contribution in [0.1, 0.15) is 19.2 Å². The van der Waals surface area contributed by atoms with Crippen LogP contribution in [0.5, 0.6) is 0 Å². The van der Waals surface area contributed by atoms with Crippen molar-refractivity contribution in [3.8, 4) is 0 Å². The van der Waals surface area contributed by atoms with Crippen molar-refractivity contribution in [2.24, 2.45) is 5.92 Å². The standard InChI is InChI=1S/C12H12FNO3/c1-7(5-12(15)16)4-11-14-9-6-8(13)2-3-10(9)17-11/h2-3,6-7H,4-5H2,1H3,(H,15,16). The van der Waals surface area contributed by atoms with Gasteiger partial charge in [0.2, 0.25) is 0 Å². The van der Waals surface area contributed by atoms with Crippen LogP contribution in [0.25, 0.3) is 11.1 Å². The molecule has 0 aliphatic rings. The van der Waals surface area contributed by atoms with E-state index in [4.69, 9.17) is 9.52 Å². The van der Waals surface area contributed by atoms with Gasteiger partial charge in [-0.1, -0.05) is 6.92 Å². The topological polar surface area (TPSA) is 63.3 Å². The molecule has 1 aromatic carbocycles. The number of carboxylic acids is 1. The molecule has 0 fully saturated rings. The molecule has 0 saturated heterocycles. The number of oxazole rings is 1. The van der Waals surface area contributed by atoms with E-state index in [9.17, 15) is 9.18 Å². The fourth-order valence-electron chi connectivity index (χ4n) is 1.70. The van der Waals surface area contributed by atoms with Gasteiger partial charge in [-0.05, 0) is 18.1 Å². The van der Waals surface area contributed by atoms with E-state index in [2.05, 4.69) is 4.98 Å². The highest BCUT2D eigenvalue weighted by Gasteiger charge is 2.13. The van der Waals surface area contributed by atoms with Gasteiger partial charge in [-0.3, -0.25) is 4.79 Å². The van der Waals surface area contributed by atoms with Crippen molar-refractivity contribution >= 4 is 17.1 Å². The number of hydrogen-bond donors (Lipinski definition) is 1. The number of aliphatic carboxylic acids is 1. The van der Waals surface area contributed by atoms with Crippen LogP contribution < -0.4 is 0 Å². The number of benzene rings is 1. The number of carboxylic acid groups (broad SMARTS) is 1. The van der Waals surface area contributed by atoms with Crippen molar-refractivity contribution in [1.82, 2.24) is 4.98 Å². The minimum absolute atomic E-state index is 0.0626. The first-order valence-corrected chi connectivity index (χ1v) is 5.31. The van der Waals surface area contributed by atoms with Crippen LogP contribution in [-0.4, -0.2) is 16.1 Å². The zero-order valence-corrected chi connectivity index (χ0v) is 9.31. The number of halogens is 1. The SMILES string of the molecule is CC(CC(=O)O)Cc1nc2cc(F)ccc2o1. The number of fused-ring (bicyclic) bond motifs is 1. The summed E-state index contributed by atoms with van der Waals surface area (Å²) in [5, 5.41) is 8.64. The van der Waals surface area contributed by atoms with Crippen LogP contribution in [0, 0.1) is 11.7 Å². The Morgan fingerprint density at radius 2 is 2.35 bits per heavy atom. The van der Waals surface area contributed by atoms with Gasteiger partial charge in [0.1, 0.15) is 11.3 Å². The molecule has 0 saturated carbocycles. The summed E-state index contributed by atoms with van der Waals surface area (Å²) < 4.78 is 18.3. The number of rotatable bonds is 4. The van der Waals surface area contributed by atoms with Crippen LogP contribution in [0.15, 0.2) is 22.6 Å². The van der Waals surface area contributed by atoms with E-state index >= 15 is 0 Å². The lowest BCUT2D eigenvalue weighted by Gasteiger charge is -2.03. The van der Waals surface area contributed by atoms with E-state index < -0.39 is 5.97 Å². The third-order valence-electron chi connectivity index (χ3n) is 2.44. The molecule has 90 valence electrons. The molecule has 0 radical (unpaired) electrons. The maximum Gasteiger partial charge on any atom is 0.303 e. The van der Waals surface area contributed by atoms with E-state index in [1.807, 2.05) is 6.92 Å². The van der Waals surface area contributed by atoms with Gasteiger partial charge in [0.15, 0.2) is 11.5 Å². The minimum Gasteiger partial charge on any atom is -0.481 e. The first-order chi connectivity index (χ1) is 8.04. The van der Waals surface area contributed by atoms with Gasteiger partial charge < -0.3 is 9.52 Å². The zero-order valence-electron chi connectivity index (χ0n) is 9.31. The third-order valence-corrected chi connectivity index (χ3v) is 2.44. The molecule has 1 aromatic heterocycles. The zero-order chi connectivity index (χ0) is 12.4. The van der Waals surface area contributed by atoms with Crippen molar-refractivity contribution in [2.45, 2.75) is 19.8 Å². The molecule has 17 heavy (non-hydrogen) atoms. The summed E-state index contributed by atoms with van der Waals surface area (Å²) in [5.74, 6) is -0.833. The summed E-state index contributed by atoms with van der Waals surface area (Å²) in [6.07, 6.45) is 0.496. The molecular formula is C12H12FNO3. The Kier molecular flexibility index (Phi) is 3.08. The number of carbonyl (C=O) groups is 1. The average molecular weight is 237 g/mol. The predicted octanol–water partition coefficient (Wildman–Crippen LogP) is 2.62. The highest BCUT2D eigenvalue weighted by Crippen LogP contribution is 2.19. The summed E-state index contributed by atoms with van der Waals surface area (Å²) in [6.45, 7) is 1.81. The second-order valence-corrected chi connectivity index (χ2v) is 4.13. The van der Waals surface area contributed by atoms with E-state index in [1.165, 1.54) is 18.2 Å². The Balaban J connectivity index is 2.16. The fraction of sp³-hybridized carbons (Fsp3) is 0.333. The van der Waals surface area contributed by atoms with Crippen molar-refractivity contribution in [2.75, 3.05) is 0 Å². The summed E-state index contributed by atoms with van der Waals surface area (Å²) >= 11 is 0. The Bertz CT molecular complexity index is 550. The summed E-state index contributed by atoms with van der Waals surface area (Å²) in [7, 11) is 0. The van der Waals surface area contributed by atoms with Crippen LogP contribution >= 0.6 is 0 Å². The minimum atomic E-state index is -0.848. The van der Waals surface area contributed by atoms with Crippen LogP contribution in [0.2, 0.25) is 0 Å². The lowest BCUT2D eigenvalue weighted by molar-refractivity contribution is -0.137. The third kappa shape index (κ3) is 2.81. The maximum atomic E-state index is 12.9. The molecule has 1 N–H and O–H groups in total. The molecule has 4 nitrogen and oxygen atoms in total. The molecule has 1 heterocycles. The number of nitrogens with zero attached hydrogens (tertiary/aromatic N) is 1. The fourth-order valence-corrected chi connectivity index (χ4v) is 1.70. The van der Waals surface area contributed by atoms with Crippen LogP contribution in [0.4, 0.5) is 4.39 Å². The molecule has 0 bridgehead atoms. The Hall–Kier alpha value is -1.91. The van der Waals surface area contributed by atoms with Crippen LogP contribution in [0.3, 0.4) is 0 Å². The molecule has 2 rings (SSSR count). The predicted molar refractivity (Wildman–Crippen MR) is 59.1 cm³/mol. The van der Waals surface area contributed by atoms with E-state index in [-0.39, 0.29) is 18.2 Å². The second kappa shape index (κ2) is 4.53. The summed E-state index contributed by atoms with van der Waals surface area (Å²) in [4.78, 5) is 14.6. The van der Waals surface area contributed by atoms with Crippen LogP contribution in [-0.2, 0) is 11.2 Å². The Labute approximate surface area is 97.1 Å². The molecule has 5 heteroatoms. The van der Waals surface area contributed by atoms with E-state index in [0.29, 0.717) is 23.4 Å². The molecule has 2 aromatic rings. The largest absolute Gasteiger partial charge is 0.481 e. The first-order valence-electron chi connectivity index (χ1n) is 5.31.